The van der Waals surface area contributed by atoms with Gasteiger partial charge in [0.2, 0.25) is 5.91 Å². The number of amides is 2. The number of aryl methyl sites for hydroxylation is 2. The number of carbonyl (C=O) groups is 2. The summed E-state index contributed by atoms with van der Waals surface area (Å²) in [7, 11) is 0. The molecule has 226 valence electrons. The lowest BCUT2D eigenvalue weighted by atomic mass is 9.92. The van der Waals surface area contributed by atoms with Crippen LogP contribution in [0.2, 0.25) is 0 Å². The van der Waals surface area contributed by atoms with E-state index in [1.165, 1.54) is 12.8 Å². The van der Waals surface area contributed by atoms with Gasteiger partial charge >= 0.3 is 0 Å². The summed E-state index contributed by atoms with van der Waals surface area (Å²) in [5.74, 6) is 0.562. The van der Waals surface area contributed by atoms with E-state index < -0.39 is 0 Å². The highest BCUT2D eigenvalue weighted by molar-refractivity contribution is 6.07. The lowest BCUT2D eigenvalue weighted by Gasteiger charge is -2.39. The van der Waals surface area contributed by atoms with Gasteiger partial charge in [-0.3, -0.25) is 19.4 Å². The molecule has 9 nitrogen and oxygen atoms in total. The third kappa shape index (κ3) is 5.83. The lowest BCUT2D eigenvalue weighted by molar-refractivity contribution is -0.119. The summed E-state index contributed by atoms with van der Waals surface area (Å²) >= 11 is 0. The lowest BCUT2D eigenvalue weighted by Crippen LogP contribution is -2.52. The molecule has 3 heterocycles. The van der Waals surface area contributed by atoms with Crippen molar-refractivity contribution in [1.82, 2.24) is 20.6 Å². The van der Waals surface area contributed by atoms with Gasteiger partial charge in [0, 0.05) is 85.3 Å². The number of anilines is 2. The van der Waals surface area contributed by atoms with E-state index in [1.807, 2.05) is 63.2 Å². The molecule has 1 aromatic carbocycles. The maximum Gasteiger partial charge on any atom is 0.253 e. The van der Waals surface area contributed by atoms with Crippen molar-refractivity contribution >= 4 is 23.2 Å². The van der Waals surface area contributed by atoms with Crippen LogP contribution in [0, 0.1) is 32.6 Å². The maximum absolute atomic E-state index is 14.2. The number of H-pyrrole nitrogens is 1. The van der Waals surface area contributed by atoms with E-state index in [9.17, 15) is 14.4 Å². The van der Waals surface area contributed by atoms with Crippen molar-refractivity contribution in [3.63, 3.8) is 0 Å². The molecule has 2 aliphatic carbocycles. The molecule has 0 bridgehead atoms. The fraction of sp³-hybridized carbons (Fsp3) is 0.471. The van der Waals surface area contributed by atoms with Gasteiger partial charge < -0.3 is 25.4 Å². The van der Waals surface area contributed by atoms with E-state index >= 15 is 0 Å². The highest BCUT2D eigenvalue weighted by Gasteiger charge is 2.38. The number of aromatic nitrogens is 2. The standard InChI is InChI=1S/C34H42N6O3/c1-5-39(34(43)24-8-9-24)28-11-10-25(27-17-35-13-12-29(27)40-15-14-36-19-30(40)23-6-7-23)31(22(28)4)33(42)37-18-26-20(2)16-21(3)38-32(26)41/h10-13,16-17,23-24,30,36H,5-9,14-15,18-19H2,1-4H3,(H,37,42)(H,38,41). The summed E-state index contributed by atoms with van der Waals surface area (Å²) in [5.41, 5.74) is 6.70. The Morgan fingerprint density at radius 1 is 1.09 bits per heavy atom. The Hall–Kier alpha value is -3.98. The van der Waals surface area contributed by atoms with Gasteiger partial charge in [0.05, 0.1) is 5.56 Å². The minimum absolute atomic E-state index is 0.0598. The Morgan fingerprint density at radius 2 is 1.88 bits per heavy atom. The van der Waals surface area contributed by atoms with Crippen LogP contribution in [-0.4, -0.2) is 54.0 Å². The van der Waals surface area contributed by atoms with Gasteiger partial charge in [-0.1, -0.05) is 6.07 Å². The van der Waals surface area contributed by atoms with Crippen LogP contribution in [0.3, 0.4) is 0 Å². The first kappa shape index (κ1) is 29.1. The third-order valence-corrected chi connectivity index (χ3v) is 9.23. The highest BCUT2D eigenvalue weighted by Crippen LogP contribution is 2.42. The second-order valence-electron chi connectivity index (χ2n) is 12.3. The summed E-state index contributed by atoms with van der Waals surface area (Å²) in [6, 6.07) is 8.32. The zero-order chi connectivity index (χ0) is 30.2. The number of rotatable bonds is 9. The highest BCUT2D eigenvalue weighted by atomic mass is 16.2. The van der Waals surface area contributed by atoms with Crippen LogP contribution in [0.25, 0.3) is 11.1 Å². The summed E-state index contributed by atoms with van der Waals surface area (Å²) < 4.78 is 0. The maximum atomic E-state index is 14.2. The minimum Gasteiger partial charge on any atom is -0.365 e. The summed E-state index contributed by atoms with van der Waals surface area (Å²) in [6.07, 6.45) is 7.99. The van der Waals surface area contributed by atoms with Crippen LogP contribution < -0.4 is 26.0 Å². The topological polar surface area (TPSA) is 110 Å². The van der Waals surface area contributed by atoms with Crippen LogP contribution in [0.5, 0.6) is 0 Å². The van der Waals surface area contributed by atoms with Gasteiger partial charge in [-0.2, -0.15) is 0 Å². The summed E-state index contributed by atoms with van der Waals surface area (Å²) in [4.78, 5) is 51.9. The van der Waals surface area contributed by atoms with Crippen molar-refractivity contribution in [3.05, 3.63) is 75.0 Å². The van der Waals surface area contributed by atoms with E-state index in [-0.39, 0.29) is 29.8 Å². The molecule has 9 heteroatoms. The molecule has 2 aromatic heterocycles. The van der Waals surface area contributed by atoms with Crippen molar-refractivity contribution in [2.75, 3.05) is 36.0 Å². The van der Waals surface area contributed by atoms with Gasteiger partial charge in [0.25, 0.3) is 11.5 Å². The molecule has 1 atom stereocenters. The van der Waals surface area contributed by atoms with Crippen molar-refractivity contribution < 1.29 is 9.59 Å². The summed E-state index contributed by atoms with van der Waals surface area (Å²) in [5, 5.41) is 6.61. The molecule has 2 amide bonds. The number of nitrogens with one attached hydrogen (secondary N) is 3. The van der Waals surface area contributed by atoms with E-state index in [2.05, 4.69) is 31.6 Å². The van der Waals surface area contributed by atoms with Gasteiger partial charge in [0.1, 0.15) is 0 Å². The zero-order valence-corrected chi connectivity index (χ0v) is 25.6. The minimum atomic E-state index is -0.280. The molecule has 43 heavy (non-hydrogen) atoms. The molecular formula is C34H42N6O3. The Balaban J connectivity index is 1.44. The van der Waals surface area contributed by atoms with E-state index in [1.54, 1.807) is 0 Å². The monoisotopic (exact) mass is 582 g/mol. The van der Waals surface area contributed by atoms with Crippen LogP contribution in [0.4, 0.5) is 11.4 Å². The Kier molecular flexibility index (Phi) is 8.09. The number of carbonyl (C=O) groups excluding carboxylic acids is 2. The van der Waals surface area contributed by atoms with E-state index in [0.717, 1.165) is 71.8 Å². The van der Waals surface area contributed by atoms with Crippen LogP contribution >= 0.6 is 0 Å². The summed E-state index contributed by atoms with van der Waals surface area (Å²) in [6.45, 7) is 11.0. The molecule has 1 aliphatic heterocycles. The molecule has 0 spiro atoms. The molecule has 6 rings (SSSR count). The van der Waals surface area contributed by atoms with Crippen molar-refractivity contribution in [3.8, 4) is 11.1 Å². The molecule has 0 radical (unpaired) electrons. The SMILES string of the molecule is CCN(C(=O)C1CC1)c1ccc(-c2cnccc2N2CCNCC2C2CC2)c(C(=O)NCc2c(C)cc(C)[nH]c2=O)c1C. The van der Waals surface area contributed by atoms with Crippen LogP contribution in [0.15, 0.2) is 41.5 Å². The first-order chi connectivity index (χ1) is 20.8. The number of benzene rings is 1. The van der Waals surface area contributed by atoms with Crippen molar-refractivity contribution in [1.29, 1.82) is 0 Å². The molecule has 3 fully saturated rings. The normalized spacial score (nSPS) is 18.4. The van der Waals surface area contributed by atoms with E-state index in [4.69, 9.17) is 0 Å². The first-order valence-corrected chi connectivity index (χ1v) is 15.6. The number of hydrogen-bond donors (Lipinski definition) is 3. The number of piperazine rings is 1. The van der Waals surface area contributed by atoms with Crippen molar-refractivity contribution in [2.24, 2.45) is 11.8 Å². The molecule has 2 saturated carbocycles. The van der Waals surface area contributed by atoms with Crippen LogP contribution in [-0.2, 0) is 11.3 Å². The average molecular weight is 583 g/mol. The molecule has 3 aliphatic rings. The fourth-order valence-electron chi connectivity index (χ4n) is 6.64. The van der Waals surface area contributed by atoms with E-state index in [0.29, 0.717) is 29.6 Å². The second kappa shape index (κ2) is 12.0. The average Bonchev–Trinajstić information content (AvgIpc) is 3.91. The predicted octanol–water partition coefficient (Wildman–Crippen LogP) is 4.24. The predicted molar refractivity (Wildman–Crippen MR) is 170 cm³/mol. The van der Waals surface area contributed by atoms with Gasteiger partial charge in [-0.25, -0.2) is 0 Å². The third-order valence-electron chi connectivity index (χ3n) is 9.23. The molecular weight excluding hydrogens is 540 g/mol. The van der Waals surface area contributed by atoms with Crippen LogP contribution in [0.1, 0.15) is 65.3 Å². The number of hydrogen-bond acceptors (Lipinski definition) is 6. The Bertz CT molecular complexity index is 1610. The smallest absolute Gasteiger partial charge is 0.253 e. The zero-order valence-electron chi connectivity index (χ0n) is 25.6. The number of pyridine rings is 2. The Morgan fingerprint density at radius 3 is 2.58 bits per heavy atom. The second-order valence-corrected chi connectivity index (χ2v) is 12.3. The van der Waals surface area contributed by atoms with Gasteiger partial charge in [-0.05, 0) is 94.2 Å². The fourth-order valence-corrected chi connectivity index (χ4v) is 6.64. The van der Waals surface area contributed by atoms with Crippen molar-refractivity contribution in [2.45, 2.75) is 66.0 Å². The first-order valence-electron chi connectivity index (χ1n) is 15.6. The number of aromatic amines is 1. The van der Waals surface area contributed by atoms with Gasteiger partial charge in [-0.15, -0.1) is 0 Å². The molecule has 3 N–H and O–H groups in total. The largest absolute Gasteiger partial charge is 0.365 e. The number of nitrogens with zero attached hydrogens (tertiary/aromatic N) is 3. The molecule has 1 unspecified atom stereocenters. The molecule has 1 saturated heterocycles. The quantitative estimate of drug-likeness (QED) is 0.348. The van der Waals surface area contributed by atoms with Gasteiger partial charge in [0.15, 0.2) is 0 Å². The Labute approximate surface area is 253 Å². The molecule has 3 aromatic rings.